The number of carbonyl (C=O) groups excluding carboxylic acids is 1. The average Bonchev–Trinajstić information content (AvgIpc) is 2.35. The van der Waals surface area contributed by atoms with Gasteiger partial charge in [0.25, 0.3) is 5.97 Å². The molecule has 2 bridgehead atoms. The monoisotopic (exact) mass is 260 g/mol. The summed E-state index contributed by atoms with van der Waals surface area (Å²) in [6.07, 6.45) is 0.517. The Morgan fingerprint density at radius 2 is 1.72 bits per heavy atom. The first kappa shape index (κ1) is 13.7. The van der Waals surface area contributed by atoms with Crippen molar-refractivity contribution in [3.63, 3.8) is 0 Å². The van der Waals surface area contributed by atoms with Crippen LogP contribution in [0.4, 0.5) is 0 Å². The number of carbonyl (C=O) groups is 1. The Bertz CT molecular complexity index is 278. The van der Waals surface area contributed by atoms with E-state index in [1.54, 1.807) is 0 Å². The van der Waals surface area contributed by atoms with E-state index in [2.05, 4.69) is 6.92 Å². The summed E-state index contributed by atoms with van der Waals surface area (Å²) in [5.74, 6) is -1.23. The van der Waals surface area contributed by atoms with Crippen LogP contribution in [0.3, 0.4) is 0 Å². The van der Waals surface area contributed by atoms with Gasteiger partial charge in [0.05, 0.1) is 39.5 Å². The van der Waals surface area contributed by atoms with Gasteiger partial charge in [0.2, 0.25) is 0 Å². The number of ether oxygens (including phenoxy) is 5. The van der Waals surface area contributed by atoms with Crippen molar-refractivity contribution in [3.8, 4) is 0 Å². The maximum Gasteiger partial charge on any atom is 0.302 e. The molecule has 0 spiro atoms. The zero-order valence-corrected chi connectivity index (χ0v) is 10.9. The molecular formula is C12H20O6. The van der Waals surface area contributed by atoms with E-state index in [0.29, 0.717) is 39.5 Å². The number of hydrogen-bond donors (Lipinski definition) is 0. The molecule has 18 heavy (non-hydrogen) atoms. The standard InChI is InChI=1S/C12H20O6/c1-10(13)15-6-5-14-4-3-12-16-7-11(2,8-17-12)9-18-12/h3-9H2,1-2H3. The number of esters is 1. The smallest absolute Gasteiger partial charge is 0.302 e. The summed E-state index contributed by atoms with van der Waals surface area (Å²) >= 11 is 0. The Hall–Kier alpha value is -0.690. The van der Waals surface area contributed by atoms with E-state index in [-0.39, 0.29) is 18.0 Å². The van der Waals surface area contributed by atoms with Crippen molar-refractivity contribution in [1.82, 2.24) is 0 Å². The molecule has 3 heterocycles. The topological polar surface area (TPSA) is 63.2 Å². The highest BCUT2D eigenvalue weighted by Gasteiger charge is 2.49. The molecule has 0 unspecified atom stereocenters. The third-order valence-corrected chi connectivity index (χ3v) is 3.01. The van der Waals surface area contributed by atoms with Gasteiger partial charge in [0, 0.05) is 12.3 Å². The lowest BCUT2D eigenvalue weighted by atomic mass is 9.91. The van der Waals surface area contributed by atoms with Crippen molar-refractivity contribution in [2.24, 2.45) is 5.41 Å². The molecule has 3 fully saturated rings. The molecule has 104 valence electrons. The molecule has 0 aromatic rings. The van der Waals surface area contributed by atoms with Crippen LogP contribution in [0.25, 0.3) is 0 Å². The maximum atomic E-state index is 10.5. The molecule has 0 radical (unpaired) electrons. The largest absolute Gasteiger partial charge is 0.463 e. The molecule has 0 aliphatic carbocycles. The Morgan fingerprint density at radius 1 is 1.11 bits per heavy atom. The summed E-state index contributed by atoms with van der Waals surface area (Å²) in [5, 5.41) is 0. The number of hydrogen-bond acceptors (Lipinski definition) is 6. The van der Waals surface area contributed by atoms with E-state index in [9.17, 15) is 4.79 Å². The molecule has 0 aromatic heterocycles. The lowest BCUT2D eigenvalue weighted by Gasteiger charge is -2.50. The first-order valence-corrected chi connectivity index (χ1v) is 6.17. The minimum Gasteiger partial charge on any atom is -0.463 e. The second-order valence-electron chi connectivity index (χ2n) is 5.06. The summed E-state index contributed by atoms with van der Waals surface area (Å²) in [7, 11) is 0. The molecule has 0 atom stereocenters. The highest BCUT2D eigenvalue weighted by Crippen LogP contribution is 2.39. The molecule has 0 amide bonds. The minimum atomic E-state index is -0.931. The van der Waals surface area contributed by atoms with Crippen molar-refractivity contribution >= 4 is 5.97 Å². The van der Waals surface area contributed by atoms with Gasteiger partial charge in [0.15, 0.2) is 0 Å². The van der Waals surface area contributed by atoms with Gasteiger partial charge in [-0.15, -0.1) is 0 Å². The maximum absolute atomic E-state index is 10.5. The van der Waals surface area contributed by atoms with Gasteiger partial charge in [-0.1, -0.05) is 6.92 Å². The third-order valence-electron chi connectivity index (χ3n) is 3.01. The van der Waals surface area contributed by atoms with Crippen LogP contribution in [0.2, 0.25) is 0 Å². The highest BCUT2D eigenvalue weighted by molar-refractivity contribution is 5.65. The molecular weight excluding hydrogens is 240 g/mol. The van der Waals surface area contributed by atoms with Crippen molar-refractivity contribution < 1.29 is 28.5 Å². The van der Waals surface area contributed by atoms with E-state index in [4.69, 9.17) is 23.7 Å². The quantitative estimate of drug-likeness (QED) is 0.517. The first-order valence-electron chi connectivity index (χ1n) is 6.17. The summed E-state index contributed by atoms with van der Waals surface area (Å²) in [4.78, 5) is 10.5. The average molecular weight is 260 g/mol. The van der Waals surface area contributed by atoms with E-state index in [1.807, 2.05) is 0 Å². The van der Waals surface area contributed by atoms with E-state index in [0.717, 1.165) is 0 Å². The van der Waals surface area contributed by atoms with E-state index < -0.39 is 5.97 Å². The van der Waals surface area contributed by atoms with Crippen molar-refractivity contribution in [2.45, 2.75) is 26.2 Å². The molecule has 0 saturated carbocycles. The Balaban J connectivity index is 1.61. The SMILES string of the molecule is CC(=O)OCCOCCC12OCC(C)(CO1)CO2. The lowest BCUT2D eigenvalue weighted by Crippen LogP contribution is -2.59. The van der Waals surface area contributed by atoms with Gasteiger partial charge in [-0.05, 0) is 0 Å². The van der Waals surface area contributed by atoms with Gasteiger partial charge < -0.3 is 23.7 Å². The number of rotatable bonds is 6. The van der Waals surface area contributed by atoms with Crippen LogP contribution in [-0.2, 0) is 28.5 Å². The Labute approximate surface area is 106 Å². The fourth-order valence-electron chi connectivity index (χ4n) is 1.86. The molecule has 0 N–H and O–H groups in total. The van der Waals surface area contributed by atoms with Gasteiger partial charge in [-0.3, -0.25) is 4.79 Å². The highest BCUT2D eigenvalue weighted by atomic mass is 16.9. The summed E-state index contributed by atoms with van der Waals surface area (Å²) in [6.45, 7) is 6.48. The van der Waals surface area contributed by atoms with Gasteiger partial charge >= 0.3 is 5.97 Å². The summed E-state index contributed by atoms with van der Waals surface area (Å²) in [6, 6.07) is 0. The molecule has 3 aliphatic rings. The predicted molar refractivity (Wildman–Crippen MR) is 60.8 cm³/mol. The second kappa shape index (κ2) is 5.52. The van der Waals surface area contributed by atoms with Crippen molar-refractivity contribution in [2.75, 3.05) is 39.6 Å². The Kier molecular flexibility index (Phi) is 4.21. The lowest BCUT2D eigenvalue weighted by molar-refractivity contribution is -0.468. The van der Waals surface area contributed by atoms with Crippen LogP contribution in [0.15, 0.2) is 0 Å². The van der Waals surface area contributed by atoms with Crippen LogP contribution < -0.4 is 0 Å². The van der Waals surface area contributed by atoms with Crippen LogP contribution in [0.1, 0.15) is 20.3 Å². The fourth-order valence-corrected chi connectivity index (χ4v) is 1.86. The summed E-state index contributed by atoms with van der Waals surface area (Å²) in [5.41, 5.74) is -0.0159. The van der Waals surface area contributed by atoms with Crippen LogP contribution in [-0.4, -0.2) is 51.6 Å². The number of fused-ring (bicyclic) bond motifs is 3. The molecule has 3 aliphatic heterocycles. The first-order chi connectivity index (χ1) is 8.54. The van der Waals surface area contributed by atoms with Crippen molar-refractivity contribution in [1.29, 1.82) is 0 Å². The molecule has 6 nitrogen and oxygen atoms in total. The predicted octanol–water partition coefficient (Wildman–Crippen LogP) is 0.693. The Morgan fingerprint density at radius 3 is 2.28 bits per heavy atom. The van der Waals surface area contributed by atoms with Crippen LogP contribution >= 0.6 is 0 Å². The van der Waals surface area contributed by atoms with Gasteiger partial charge in [-0.2, -0.15) is 0 Å². The van der Waals surface area contributed by atoms with E-state index in [1.165, 1.54) is 6.92 Å². The third kappa shape index (κ3) is 3.41. The van der Waals surface area contributed by atoms with E-state index >= 15 is 0 Å². The molecule has 0 aromatic carbocycles. The minimum absolute atomic E-state index is 0.0159. The zero-order chi connectivity index (χ0) is 13.1. The molecule has 3 rings (SSSR count). The molecule has 3 saturated heterocycles. The van der Waals surface area contributed by atoms with Gasteiger partial charge in [-0.25, -0.2) is 0 Å². The van der Waals surface area contributed by atoms with Crippen molar-refractivity contribution in [3.05, 3.63) is 0 Å². The molecule has 6 heteroatoms. The zero-order valence-electron chi connectivity index (χ0n) is 10.9. The second-order valence-corrected chi connectivity index (χ2v) is 5.06. The summed E-state index contributed by atoms with van der Waals surface area (Å²) < 4.78 is 26.9. The fraction of sp³-hybridized carbons (Fsp3) is 0.917. The van der Waals surface area contributed by atoms with Crippen LogP contribution in [0.5, 0.6) is 0 Å². The van der Waals surface area contributed by atoms with Crippen LogP contribution in [0, 0.1) is 5.41 Å². The van der Waals surface area contributed by atoms with Gasteiger partial charge in [0.1, 0.15) is 6.61 Å². The normalized spacial score (nSPS) is 34.6.